The van der Waals surface area contributed by atoms with Crippen LogP contribution in [-0.4, -0.2) is 52.5 Å². The summed E-state index contributed by atoms with van der Waals surface area (Å²) in [5.74, 6) is 0.614. The predicted molar refractivity (Wildman–Crippen MR) is 65.9 cm³/mol. The van der Waals surface area contributed by atoms with Crippen LogP contribution in [0.1, 0.15) is 19.3 Å². The highest BCUT2D eigenvalue weighted by atomic mass is 16.5. The molecule has 0 bridgehead atoms. The van der Waals surface area contributed by atoms with Crippen molar-refractivity contribution < 1.29 is 14.3 Å². The molecule has 17 heavy (non-hydrogen) atoms. The molecule has 0 aromatic rings. The fourth-order valence-corrected chi connectivity index (χ4v) is 1.87. The highest BCUT2D eigenvalue weighted by molar-refractivity contribution is 5.77. The molecule has 0 aromatic carbocycles. The van der Waals surface area contributed by atoms with Crippen LogP contribution in [0.5, 0.6) is 0 Å². The molecule has 100 valence electrons. The number of amides is 1. The Morgan fingerprint density at radius 1 is 1.53 bits per heavy atom. The molecule has 0 saturated carbocycles. The Hall–Kier alpha value is -0.650. The van der Waals surface area contributed by atoms with E-state index in [0.29, 0.717) is 25.6 Å². The van der Waals surface area contributed by atoms with Crippen molar-refractivity contribution in [2.24, 2.45) is 5.92 Å². The molecule has 1 atom stereocenters. The summed E-state index contributed by atoms with van der Waals surface area (Å²) in [6.45, 7) is 4.34. The maximum Gasteiger partial charge on any atom is 0.233 e. The van der Waals surface area contributed by atoms with Gasteiger partial charge in [0.05, 0.1) is 13.2 Å². The van der Waals surface area contributed by atoms with E-state index in [4.69, 9.17) is 9.47 Å². The fraction of sp³-hybridized carbons (Fsp3) is 0.917. The number of hydrogen-bond donors (Lipinski definition) is 2. The van der Waals surface area contributed by atoms with Crippen LogP contribution in [0.15, 0.2) is 0 Å². The van der Waals surface area contributed by atoms with Crippen LogP contribution in [0.2, 0.25) is 0 Å². The van der Waals surface area contributed by atoms with Crippen molar-refractivity contribution in [2.45, 2.75) is 19.3 Å². The number of carbonyl (C=O) groups is 1. The quantitative estimate of drug-likeness (QED) is 0.597. The Kier molecular flexibility index (Phi) is 7.96. The summed E-state index contributed by atoms with van der Waals surface area (Å²) >= 11 is 0. The smallest absolute Gasteiger partial charge is 0.233 e. The van der Waals surface area contributed by atoms with Gasteiger partial charge in [-0.2, -0.15) is 0 Å². The second-order valence-electron chi connectivity index (χ2n) is 4.41. The van der Waals surface area contributed by atoms with Crippen LogP contribution in [0, 0.1) is 5.92 Å². The third-order valence-corrected chi connectivity index (χ3v) is 2.82. The minimum Gasteiger partial charge on any atom is -0.385 e. The van der Waals surface area contributed by atoms with E-state index in [1.54, 1.807) is 7.11 Å². The molecule has 1 rings (SSSR count). The molecule has 0 spiro atoms. The van der Waals surface area contributed by atoms with Crippen LogP contribution < -0.4 is 10.6 Å². The standard InChI is InChI=1S/C12H24N2O3/c1-16-6-3-5-14-12(15)9-13-8-11-4-2-7-17-10-11/h11,13H,2-10H2,1H3,(H,14,15). The van der Waals surface area contributed by atoms with E-state index in [0.717, 1.165) is 32.6 Å². The highest BCUT2D eigenvalue weighted by Gasteiger charge is 2.13. The van der Waals surface area contributed by atoms with E-state index in [-0.39, 0.29) is 5.91 Å². The normalized spacial score (nSPS) is 20.2. The van der Waals surface area contributed by atoms with Gasteiger partial charge in [-0.25, -0.2) is 0 Å². The summed E-state index contributed by atoms with van der Waals surface area (Å²) in [6.07, 6.45) is 3.19. The van der Waals surface area contributed by atoms with Gasteiger partial charge >= 0.3 is 0 Å². The van der Waals surface area contributed by atoms with Gasteiger partial charge in [0.15, 0.2) is 0 Å². The van der Waals surface area contributed by atoms with E-state index in [9.17, 15) is 4.79 Å². The average molecular weight is 244 g/mol. The lowest BCUT2D eigenvalue weighted by molar-refractivity contribution is -0.120. The van der Waals surface area contributed by atoms with E-state index in [1.807, 2.05) is 0 Å². The number of rotatable bonds is 8. The zero-order chi connectivity index (χ0) is 12.3. The molecular formula is C12H24N2O3. The molecule has 1 unspecified atom stereocenters. The number of hydrogen-bond acceptors (Lipinski definition) is 4. The Morgan fingerprint density at radius 3 is 3.12 bits per heavy atom. The van der Waals surface area contributed by atoms with E-state index in [1.165, 1.54) is 6.42 Å². The third kappa shape index (κ3) is 7.31. The molecule has 0 aromatic heterocycles. The SMILES string of the molecule is COCCCNC(=O)CNCC1CCCOC1. The lowest BCUT2D eigenvalue weighted by atomic mass is 10.0. The van der Waals surface area contributed by atoms with E-state index >= 15 is 0 Å². The first kappa shape index (κ1) is 14.4. The molecule has 1 fully saturated rings. The van der Waals surface area contributed by atoms with Crippen molar-refractivity contribution in [3.05, 3.63) is 0 Å². The minimum atomic E-state index is 0.0535. The van der Waals surface area contributed by atoms with Gasteiger partial charge in [0, 0.05) is 33.4 Å². The van der Waals surface area contributed by atoms with Crippen LogP contribution in [0.25, 0.3) is 0 Å². The zero-order valence-electron chi connectivity index (χ0n) is 10.7. The first-order valence-electron chi connectivity index (χ1n) is 6.37. The van der Waals surface area contributed by atoms with Gasteiger partial charge in [-0.15, -0.1) is 0 Å². The van der Waals surface area contributed by atoms with Crippen molar-refractivity contribution in [1.82, 2.24) is 10.6 Å². The van der Waals surface area contributed by atoms with Gasteiger partial charge < -0.3 is 20.1 Å². The fourth-order valence-electron chi connectivity index (χ4n) is 1.87. The number of nitrogens with one attached hydrogen (secondary N) is 2. The van der Waals surface area contributed by atoms with E-state index in [2.05, 4.69) is 10.6 Å². The molecule has 1 amide bonds. The van der Waals surface area contributed by atoms with Gasteiger partial charge in [-0.05, 0) is 25.2 Å². The Morgan fingerprint density at radius 2 is 2.41 bits per heavy atom. The summed E-state index contributed by atoms with van der Waals surface area (Å²) in [5.41, 5.74) is 0. The second kappa shape index (κ2) is 9.39. The van der Waals surface area contributed by atoms with Crippen molar-refractivity contribution >= 4 is 5.91 Å². The Balaban J connectivity index is 1.92. The summed E-state index contributed by atoms with van der Waals surface area (Å²) in [4.78, 5) is 11.4. The van der Waals surface area contributed by atoms with Gasteiger partial charge in [0.1, 0.15) is 0 Å². The van der Waals surface area contributed by atoms with Crippen LogP contribution in [-0.2, 0) is 14.3 Å². The molecule has 0 radical (unpaired) electrons. The molecule has 1 aliphatic heterocycles. The van der Waals surface area contributed by atoms with Crippen molar-refractivity contribution in [3.8, 4) is 0 Å². The lowest BCUT2D eigenvalue weighted by Gasteiger charge is -2.22. The molecule has 0 aliphatic carbocycles. The molecule has 1 heterocycles. The van der Waals surface area contributed by atoms with Crippen LogP contribution >= 0.6 is 0 Å². The molecule has 1 aliphatic rings. The molecule has 2 N–H and O–H groups in total. The average Bonchev–Trinajstić information content (AvgIpc) is 2.36. The highest BCUT2D eigenvalue weighted by Crippen LogP contribution is 2.11. The maximum absolute atomic E-state index is 11.4. The second-order valence-corrected chi connectivity index (χ2v) is 4.41. The number of ether oxygens (including phenoxy) is 2. The third-order valence-electron chi connectivity index (χ3n) is 2.82. The van der Waals surface area contributed by atoms with E-state index < -0.39 is 0 Å². The summed E-state index contributed by atoms with van der Waals surface area (Å²) < 4.78 is 10.3. The summed E-state index contributed by atoms with van der Waals surface area (Å²) in [6, 6.07) is 0. The van der Waals surface area contributed by atoms with Crippen molar-refractivity contribution in [2.75, 3.05) is 46.6 Å². The minimum absolute atomic E-state index is 0.0535. The molecular weight excluding hydrogens is 220 g/mol. The molecule has 1 saturated heterocycles. The number of carbonyl (C=O) groups excluding carboxylic acids is 1. The topological polar surface area (TPSA) is 59.6 Å². The molecule has 5 heteroatoms. The first-order valence-corrected chi connectivity index (χ1v) is 6.37. The first-order chi connectivity index (χ1) is 8.33. The van der Waals surface area contributed by atoms with Gasteiger partial charge in [-0.1, -0.05) is 0 Å². The maximum atomic E-state index is 11.4. The number of methoxy groups -OCH3 is 1. The van der Waals surface area contributed by atoms with Crippen molar-refractivity contribution in [1.29, 1.82) is 0 Å². The van der Waals surface area contributed by atoms with Gasteiger partial charge in [-0.3, -0.25) is 4.79 Å². The van der Waals surface area contributed by atoms with Crippen molar-refractivity contribution in [3.63, 3.8) is 0 Å². The van der Waals surface area contributed by atoms with Crippen LogP contribution in [0.3, 0.4) is 0 Å². The predicted octanol–water partition coefficient (Wildman–Crippen LogP) is 0.155. The van der Waals surface area contributed by atoms with Gasteiger partial charge in [0.2, 0.25) is 5.91 Å². The lowest BCUT2D eigenvalue weighted by Crippen LogP contribution is -2.38. The summed E-state index contributed by atoms with van der Waals surface area (Å²) in [5, 5.41) is 6.01. The molecule has 5 nitrogen and oxygen atoms in total. The zero-order valence-corrected chi connectivity index (χ0v) is 10.7. The van der Waals surface area contributed by atoms with Crippen LogP contribution in [0.4, 0.5) is 0 Å². The largest absolute Gasteiger partial charge is 0.385 e. The Bertz CT molecular complexity index is 206. The summed E-state index contributed by atoms with van der Waals surface area (Å²) in [7, 11) is 1.66. The van der Waals surface area contributed by atoms with Gasteiger partial charge in [0.25, 0.3) is 0 Å². The Labute approximate surface area is 103 Å². The monoisotopic (exact) mass is 244 g/mol.